The van der Waals surface area contributed by atoms with E-state index < -0.39 is 22.1 Å². The SMILES string of the molecule is COC(=O)c1cccc(CN2CC(=O)NS2(=O)=O)c1. The smallest absolute Gasteiger partial charge is 0.337 e. The standard InChI is InChI=1S/C11H12N2O5S/c1-18-11(15)9-4-2-3-8(5-9)6-13-7-10(14)12-19(13,16)17/h2-5H,6-7H2,1H3,(H,12,14). The lowest BCUT2D eigenvalue weighted by Crippen LogP contribution is -2.29. The van der Waals surface area contributed by atoms with E-state index in [0.717, 1.165) is 4.31 Å². The molecule has 0 atom stereocenters. The number of nitrogens with one attached hydrogen (secondary N) is 1. The molecule has 102 valence electrons. The van der Waals surface area contributed by atoms with Crippen LogP contribution in [-0.2, 0) is 26.3 Å². The molecule has 0 unspecified atom stereocenters. The predicted molar refractivity (Wildman–Crippen MR) is 65.3 cm³/mol. The number of ether oxygens (including phenoxy) is 1. The van der Waals surface area contributed by atoms with Crippen molar-refractivity contribution >= 4 is 22.1 Å². The molecule has 1 N–H and O–H groups in total. The molecule has 0 aromatic heterocycles. The highest BCUT2D eigenvalue weighted by Gasteiger charge is 2.33. The molecule has 7 nitrogen and oxygen atoms in total. The summed E-state index contributed by atoms with van der Waals surface area (Å²) in [6.07, 6.45) is 0. The molecular weight excluding hydrogens is 272 g/mol. The number of hydrogen-bond donors (Lipinski definition) is 1. The molecule has 0 bridgehead atoms. The summed E-state index contributed by atoms with van der Waals surface area (Å²) in [6, 6.07) is 6.39. The second-order valence-electron chi connectivity index (χ2n) is 3.99. The topological polar surface area (TPSA) is 92.8 Å². The quantitative estimate of drug-likeness (QED) is 0.766. The molecule has 1 saturated heterocycles. The number of methoxy groups -OCH3 is 1. The number of hydrogen-bond acceptors (Lipinski definition) is 5. The molecule has 19 heavy (non-hydrogen) atoms. The summed E-state index contributed by atoms with van der Waals surface area (Å²) in [6.45, 7) is -0.198. The minimum absolute atomic E-state index is 0.0197. The molecule has 1 aromatic rings. The van der Waals surface area contributed by atoms with E-state index in [1.165, 1.54) is 13.2 Å². The van der Waals surface area contributed by atoms with Crippen LogP contribution in [-0.4, -0.2) is 38.3 Å². The number of benzene rings is 1. The van der Waals surface area contributed by atoms with Gasteiger partial charge in [0.1, 0.15) is 0 Å². The molecule has 1 aliphatic heterocycles. The molecule has 1 amide bonds. The number of rotatable bonds is 3. The zero-order valence-electron chi connectivity index (χ0n) is 10.1. The van der Waals surface area contributed by atoms with E-state index in [2.05, 4.69) is 4.74 Å². The molecule has 1 aliphatic rings. The number of esters is 1. The van der Waals surface area contributed by atoms with Crippen LogP contribution < -0.4 is 4.72 Å². The van der Waals surface area contributed by atoms with Crippen molar-refractivity contribution in [3.8, 4) is 0 Å². The average molecular weight is 284 g/mol. The van der Waals surface area contributed by atoms with Crippen LogP contribution in [0.3, 0.4) is 0 Å². The third-order valence-corrected chi connectivity index (χ3v) is 4.03. The van der Waals surface area contributed by atoms with Gasteiger partial charge in [0.25, 0.3) is 0 Å². The normalized spacial score (nSPS) is 18.1. The van der Waals surface area contributed by atoms with Gasteiger partial charge in [-0.2, -0.15) is 12.7 Å². The van der Waals surface area contributed by atoms with Crippen molar-refractivity contribution in [2.45, 2.75) is 6.54 Å². The zero-order chi connectivity index (χ0) is 14.0. The lowest BCUT2D eigenvalue weighted by molar-refractivity contribution is -0.118. The number of carbonyl (C=O) groups is 2. The van der Waals surface area contributed by atoms with Crippen LogP contribution in [0.15, 0.2) is 24.3 Å². The van der Waals surface area contributed by atoms with Crippen molar-refractivity contribution in [1.29, 1.82) is 0 Å². The van der Waals surface area contributed by atoms with Gasteiger partial charge in [-0.15, -0.1) is 0 Å². The summed E-state index contributed by atoms with van der Waals surface area (Å²) >= 11 is 0. The Kier molecular flexibility index (Phi) is 3.54. The van der Waals surface area contributed by atoms with Crippen molar-refractivity contribution < 1.29 is 22.7 Å². The van der Waals surface area contributed by atoms with Gasteiger partial charge in [-0.1, -0.05) is 12.1 Å². The maximum absolute atomic E-state index is 11.6. The highest BCUT2D eigenvalue weighted by molar-refractivity contribution is 7.88. The Bertz CT molecular complexity index is 626. The van der Waals surface area contributed by atoms with Crippen LogP contribution in [0, 0.1) is 0 Å². The van der Waals surface area contributed by atoms with Crippen LogP contribution in [0.4, 0.5) is 0 Å². The number of nitrogens with zero attached hydrogens (tertiary/aromatic N) is 1. The number of amides is 1. The van der Waals surface area contributed by atoms with Gasteiger partial charge in [0.15, 0.2) is 0 Å². The summed E-state index contributed by atoms with van der Waals surface area (Å²) in [4.78, 5) is 22.4. The van der Waals surface area contributed by atoms with E-state index in [1.54, 1.807) is 18.2 Å². The summed E-state index contributed by atoms with van der Waals surface area (Å²) < 4.78 is 30.6. The second kappa shape index (κ2) is 4.98. The van der Waals surface area contributed by atoms with Gasteiger partial charge in [-0.25, -0.2) is 9.52 Å². The third-order valence-electron chi connectivity index (χ3n) is 2.61. The molecule has 0 radical (unpaired) electrons. The monoisotopic (exact) mass is 284 g/mol. The minimum Gasteiger partial charge on any atom is -0.465 e. The molecule has 0 spiro atoms. The first kappa shape index (κ1) is 13.5. The van der Waals surface area contributed by atoms with Gasteiger partial charge in [-0.3, -0.25) is 4.79 Å². The fourth-order valence-corrected chi connectivity index (χ4v) is 2.83. The van der Waals surface area contributed by atoms with E-state index in [1.807, 2.05) is 4.72 Å². The maximum Gasteiger partial charge on any atom is 0.337 e. The van der Waals surface area contributed by atoms with E-state index in [-0.39, 0.29) is 13.1 Å². The molecule has 1 aromatic carbocycles. The van der Waals surface area contributed by atoms with E-state index >= 15 is 0 Å². The van der Waals surface area contributed by atoms with Gasteiger partial charge in [0.05, 0.1) is 19.2 Å². The molecule has 1 heterocycles. The van der Waals surface area contributed by atoms with Crippen molar-refractivity contribution in [3.05, 3.63) is 35.4 Å². The van der Waals surface area contributed by atoms with Crippen LogP contribution in [0.5, 0.6) is 0 Å². The van der Waals surface area contributed by atoms with Crippen molar-refractivity contribution in [3.63, 3.8) is 0 Å². The summed E-state index contributed by atoms with van der Waals surface area (Å²) in [5.41, 5.74) is 0.929. The molecule has 1 fully saturated rings. The van der Waals surface area contributed by atoms with E-state index in [0.29, 0.717) is 11.1 Å². The maximum atomic E-state index is 11.6. The Morgan fingerprint density at radius 3 is 2.79 bits per heavy atom. The zero-order valence-corrected chi connectivity index (χ0v) is 10.9. The number of carbonyl (C=O) groups excluding carboxylic acids is 2. The Balaban J connectivity index is 2.20. The summed E-state index contributed by atoms with van der Waals surface area (Å²) in [7, 11) is -2.49. The lowest BCUT2D eigenvalue weighted by atomic mass is 10.1. The van der Waals surface area contributed by atoms with Crippen molar-refractivity contribution in [2.75, 3.05) is 13.7 Å². The Labute approximate surface area is 110 Å². The average Bonchev–Trinajstić information content (AvgIpc) is 2.61. The molecule has 0 aliphatic carbocycles. The van der Waals surface area contributed by atoms with Crippen molar-refractivity contribution in [1.82, 2.24) is 9.03 Å². The fourth-order valence-electron chi connectivity index (χ4n) is 1.74. The largest absolute Gasteiger partial charge is 0.465 e. The predicted octanol–water partition coefficient (Wildman–Crippen LogP) is -0.350. The van der Waals surface area contributed by atoms with Gasteiger partial charge >= 0.3 is 16.2 Å². The first-order chi connectivity index (χ1) is 8.92. The fraction of sp³-hybridized carbons (Fsp3) is 0.273. The van der Waals surface area contributed by atoms with Crippen LogP contribution in [0.2, 0.25) is 0 Å². The van der Waals surface area contributed by atoms with E-state index in [9.17, 15) is 18.0 Å². The Hall–Kier alpha value is -1.93. The third kappa shape index (κ3) is 2.91. The Morgan fingerprint density at radius 1 is 1.47 bits per heavy atom. The van der Waals surface area contributed by atoms with Crippen LogP contribution in [0.1, 0.15) is 15.9 Å². The molecular formula is C11H12N2O5S. The lowest BCUT2D eigenvalue weighted by Gasteiger charge is -2.12. The minimum atomic E-state index is -3.76. The first-order valence-electron chi connectivity index (χ1n) is 5.40. The first-order valence-corrected chi connectivity index (χ1v) is 6.84. The van der Waals surface area contributed by atoms with Gasteiger partial charge in [0.2, 0.25) is 5.91 Å². The highest BCUT2D eigenvalue weighted by atomic mass is 32.2. The van der Waals surface area contributed by atoms with Gasteiger partial charge in [0, 0.05) is 6.54 Å². The van der Waals surface area contributed by atoms with Crippen LogP contribution in [0.25, 0.3) is 0 Å². The van der Waals surface area contributed by atoms with E-state index in [4.69, 9.17) is 0 Å². The summed E-state index contributed by atoms with van der Waals surface area (Å²) in [5.74, 6) is -1.07. The van der Waals surface area contributed by atoms with Gasteiger partial charge < -0.3 is 4.74 Å². The molecule has 2 rings (SSSR count). The summed E-state index contributed by atoms with van der Waals surface area (Å²) in [5, 5.41) is 0. The Morgan fingerprint density at radius 2 is 2.21 bits per heavy atom. The highest BCUT2D eigenvalue weighted by Crippen LogP contribution is 2.14. The van der Waals surface area contributed by atoms with Crippen LogP contribution >= 0.6 is 0 Å². The second-order valence-corrected chi connectivity index (χ2v) is 5.66. The van der Waals surface area contributed by atoms with Crippen molar-refractivity contribution in [2.24, 2.45) is 0 Å². The molecule has 0 saturated carbocycles. The van der Waals surface area contributed by atoms with Gasteiger partial charge in [-0.05, 0) is 17.7 Å². The molecule has 8 heteroatoms.